The number of hydrogen-bond acceptors (Lipinski definition) is 5. The molecule has 8 heteroatoms. The molecule has 1 N–H and O–H groups in total. The Kier molecular flexibility index (Phi) is 3.47. The molecule has 118 valence electrons. The molecule has 0 aliphatic carbocycles. The summed E-state index contributed by atoms with van der Waals surface area (Å²) in [7, 11) is 0. The smallest absolute Gasteiger partial charge is 0.245 e. The van der Waals surface area contributed by atoms with Crippen LogP contribution in [0.2, 0.25) is 0 Å². The SMILES string of the molecule is O=C(Cn1cnc2ccccc21)Nc1cc(-n2ccnc2)ncn1. The van der Waals surface area contributed by atoms with Gasteiger partial charge in [-0.2, -0.15) is 0 Å². The maximum Gasteiger partial charge on any atom is 0.245 e. The van der Waals surface area contributed by atoms with Crippen LogP contribution < -0.4 is 5.32 Å². The van der Waals surface area contributed by atoms with Crippen LogP contribution in [-0.2, 0) is 11.3 Å². The number of rotatable bonds is 4. The van der Waals surface area contributed by atoms with E-state index in [1.165, 1.54) is 6.33 Å². The van der Waals surface area contributed by atoms with Crippen LogP contribution in [0.5, 0.6) is 0 Å². The average Bonchev–Trinajstić information content (AvgIpc) is 3.26. The quantitative estimate of drug-likeness (QED) is 0.617. The highest BCUT2D eigenvalue weighted by Crippen LogP contribution is 2.12. The Labute approximate surface area is 136 Å². The number of para-hydroxylation sites is 2. The van der Waals surface area contributed by atoms with Crippen molar-refractivity contribution in [2.75, 3.05) is 5.32 Å². The Bertz CT molecular complexity index is 991. The summed E-state index contributed by atoms with van der Waals surface area (Å²) in [5, 5.41) is 2.77. The molecule has 0 radical (unpaired) electrons. The van der Waals surface area contributed by atoms with Gasteiger partial charge in [0.05, 0.1) is 17.4 Å². The van der Waals surface area contributed by atoms with E-state index >= 15 is 0 Å². The number of imidazole rings is 2. The molecule has 0 aliphatic rings. The third-order valence-corrected chi connectivity index (χ3v) is 3.53. The normalized spacial score (nSPS) is 10.8. The van der Waals surface area contributed by atoms with Crippen LogP contribution in [0.25, 0.3) is 16.9 Å². The summed E-state index contributed by atoms with van der Waals surface area (Å²) < 4.78 is 3.53. The topological polar surface area (TPSA) is 90.5 Å². The van der Waals surface area contributed by atoms with Gasteiger partial charge in [0.1, 0.15) is 30.8 Å². The van der Waals surface area contributed by atoms with Crippen LogP contribution in [0.1, 0.15) is 0 Å². The predicted octanol–water partition coefficient (Wildman–Crippen LogP) is 1.65. The van der Waals surface area contributed by atoms with Crippen molar-refractivity contribution in [1.82, 2.24) is 29.1 Å². The number of aromatic nitrogens is 6. The van der Waals surface area contributed by atoms with Crippen LogP contribution in [0.4, 0.5) is 5.82 Å². The number of nitrogens with one attached hydrogen (secondary N) is 1. The van der Waals surface area contributed by atoms with Gasteiger partial charge in [-0.25, -0.2) is 19.9 Å². The maximum absolute atomic E-state index is 12.3. The van der Waals surface area contributed by atoms with Crippen molar-refractivity contribution >= 4 is 22.8 Å². The highest BCUT2D eigenvalue weighted by molar-refractivity contribution is 5.90. The third-order valence-electron chi connectivity index (χ3n) is 3.53. The molecule has 0 atom stereocenters. The van der Waals surface area contributed by atoms with E-state index < -0.39 is 0 Å². The summed E-state index contributed by atoms with van der Waals surface area (Å²) >= 11 is 0. The van der Waals surface area contributed by atoms with Crippen molar-refractivity contribution < 1.29 is 4.79 Å². The molecule has 24 heavy (non-hydrogen) atoms. The van der Waals surface area contributed by atoms with Gasteiger partial charge in [-0.1, -0.05) is 12.1 Å². The zero-order chi connectivity index (χ0) is 16.4. The number of benzene rings is 1. The number of carbonyl (C=O) groups is 1. The number of nitrogens with zero attached hydrogens (tertiary/aromatic N) is 6. The van der Waals surface area contributed by atoms with E-state index in [4.69, 9.17) is 0 Å². The highest BCUT2D eigenvalue weighted by atomic mass is 16.2. The molecule has 4 rings (SSSR count). The van der Waals surface area contributed by atoms with E-state index in [0.29, 0.717) is 11.6 Å². The minimum Gasteiger partial charge on any atom is -0.321 e. The van der Waals surface area contributed by atoms with Crippen LogP contribution in [0.3, 0.4) is 0 Å². The van der Waals surface area contributed by atoms with Crippen molar-refractivity contribution in [3.63, 3.8) is 0 Å². The molecule has 0 spiro atoms. The molecule has 1 amide bonds. The highest BCUT2D eigenvalue weighted by Gasteiger charge is 2.09. The molecular weight excluding hydrogens is 306 g/mol. The van der Waals surface area contributed by atoms with Crippen LogP contribution >= 0.6 is 0 Å². The van der Waals surface area contributed by atoms with E-state index in [1.807, 2.05) is 24.3 Å². The molecule has 1 aromatic carbocycles. The molecule has 0 saturated carbocycles. The molecule has 0 unspecified atom stereocenters. The average molecular weight is 319 g/mol. The number of carbonyl (C=O) groups excluding carboxylic acids is 1. The monoisotopic (exact) mass is 319 g/mol. The Balaban J connectivity index is 1.51. The minimum absolute atomic E-state index is 0.158. The predicted molar refractivity (Wildman–Crippen MR) is 87.5 cm³/mol. The van der Waals surface area contributed by atoms with Crippen LogP contribution in [0.15, 0.2) is 61.7 Å². The van der Waals surface area contributed by atoms with Gasteiger partial charge in [0.25, 0.3) is 0 Å². The second-order valence-corrected chi connectivity index (χ2v) is 5.14. The van der Waals surface area contributed by atoms with Crippen molar-refractivity contribution in [2.24, 2.45) is 0 Å². The third kappa shape index (κ3) is 2.72. The Morgan fingerprint density at radius 3 is 2.92 bits per heavy atom. The lowest BCUT2D eigenvalue weighted by molar-refractivity contribution is -0.116. The standard InChI is InChI=1S/C16H13N7O/c24-16(8-23-11-20-12-3-1-2-4-13(12)23)21-14-7-15(19-9-18-14)22-6-5-17-10-22/h1-7,9-11H,8H2,(H,18,19,21,24). The molecule has 3 heterocycles. The van der Waals surface area contributed by atoms with Crippen molar-refractivity contribution in [2.45, 2.75) is 6.54 Å². The lowest BCUT2D eigenvalue weighted by atomic mass is 10.3. The largest absolute Gasteiger partial charge is 0.321 e. The second kappa shape index (κ2) is 5.92. The van der Waals surface area contributed by atoms with Crippen molar-refractivity contribution in [3.8, 4) is 5.82 Å². The Morgan fingerprint density at radius 2 is 2.04 bits per heavy atom. The number of hydrogen-bond donors (Lipinski definition) is 1. The second-order valence-electron chi connectivity index (χ2n) is 5.14. The zero-order valence-electron chi connectivity index (χ0n) is 12.6. The van der Waals surface area contributed by atoms with Gasteiger partial charge in [0.2, 0.25) is 5.91 Å². The molecular formula is C16H13N7O. The Morgan fingerprint density at radius 1 is 1.12 bits per heavy atom. The van der Waals surface area contributed by atoms with E-state index in [2.05, 4.69) is 25.3 Å². The molecule has 0 fully saturated rings. The first-order valence-corrected chi connectivity index (χ1v) is 7.30. The number of anilines is 1. The van der Waals surface area contributed by atoms with Gasteiger partial charge >= 0.3 is 0 Å². The first-order chi connectivity index (χ1) is 11.8. The zero-order valence-corrected chi connectivity index (χ0v) is 12.6. The van der Waals surface area contributed by atoms with Gasteiger partial charge in [0, 0.05) is 18.5 Å². The van der Waals surface area contributed by atoms with Gasteiger partial charge in [-0.05, 0) is 12.1 Å². The van der Waals surface area contributed by atoms with Gasteiger partial charge in [0.15, 0.2) is 0 Å². The fourth-order valence-corrected chi connectivity index (χ4v) is 2.42. The number of fused-ring (bicyclic) bond motifs is 1. The fraction of sp³-hybridized carbons (Fsp3) is 0.0625. The van der Waals surface area contributed by atoms with Gasteiger partial charge in [-0.15, -0.1) is 0 Å². The van der Waals surface area contributed by atoms with E-state index in [1.54, 1.807) is 40.2 Å². The summed E-state index contributed by atoms with van der Waals surface area (Å²) in [6.45, 7) is 0.158. The summed E-state index contributed by atoms with van der Waals surface area (Å²) in [5.41, 5.74) is 1.77. The first kappa shape index (κ1) is 14.1. The van der Waals surface area contributed by atoms with Crippen LogP contribution in [0, 0.1) is 0 Å². The van der Waals surface area contributed by atoms with Crippen LogP contribution in [-0.4, -0.2) is 35.0 Å². The summed E-state index contributed by atoms with van der Waals surface area (Å²) in [6.07, 6.45) is 8.11. The fourth-order valence-electron chi connectivity index (χ4n) is 2.42. The molecule has 0 aliphatic heterocycles. The molecule has 0 saturated heterocycles. The van der Waals surface area contributed by atoms with E-state index in [9.17, 15) is 4.79 Å². The minimum atomic E-state index is -0.187. The summed E-state index contributed by atoms with van der Waals surface area (Å²) in [5.74, 6) is 0.877. The van der Waals surface area contributed by atoms with E-state index in [0.717, 1.165) is 11.0 Å². The summed E-state index contributed by atoms with van der Waals surface area (Å²) in [6, 6.07) is 9.35. The molecule has 3 aromatic heterocycles. The molecule has 0 bridgehead atoms. The number of amides is 1. The van der Waals surface area contributed by atoms with Crippen molar-refractivity contribution in [1.29, 1.82) is 0 Å². The Hall–Kier alpha value is -3.55. The first-order valence-electron chi connectivity index (χ1n) is 7.30. The van der Waals surface area contributed by atoms with E-state index in [-0.39, 0.29) is 12.5 Å². The summed E-state index contributed by atoms with van der Waals surface area (Å²) in [4.78, 5) is 28.8. The van der Waals surface area contributed by atoms with Crippen molar-refractivity contribution in [3.05, 3.63) is 61.7 Å². The lowest BCUT2D eigenvalue weighted by Crippen LogP contribution is -2.19. The van der Waals surface area contributed by atoms with Gasteiger partial charge in [-0.3, -0.25) is 9.36 Å². The van der Waals surface area contributed by atoms with Gasteiger partial charge < -0.3 is 9.88 Å². The lowest BCUT2D eigenvalue weighted by Gasteiger charge is -2.07. The molecule has 8 nitrogen and oxygen atoms in total. The maximum atomic E-state index is 12.3. The molecule has 4 aromatic rings.